The van der Waals surface area contributed by atoms with Crippen molar-refractivity contribution in [2.75, 3.05) is 13.1 Å². The first-order valence-corrected chi connectivity index (χ1v) is 5.44. The molecule has 1 saturated heterocycles. The number of nitrogens with zero attached hydrogens (tertiary/aromatic N) is 4. The van der Waals surface area contributed by atoms with Gasteiger partial charge in [0.05, 0.1) is 18.3 Å². The molecule has 6 nitrogen and oxygen atoms in total. The van der Waals surface area contributed by atoms with Gasteiger partial charge in [-0.3, -0.25) is 5.32 Å². The molecule has 0 bridgehead atoms. The van der Waals surface area contributed by atoms with Crippen LogP contribution in [0.25, 0.3) is 10.4 Å². The Morgan fingerprint density at radius 1 is 1.56 bits per heavy atom. The van der Waals surface area contributed by atoms with Gasteiger partial charge in [0.25, 0.3) is 0 Å². The molecule has 88 valence electrons. The normalized spacial score (nSPS) is 33.8. The maximum Gasteiger partial charge on any atom is 0.111 e. The second-order valence-corrected chi connectivity index (χ2v) is 4.24. The summed E-state index contributed by atoms with van der Waals surface area (Å²) in [5, 5.41) is 15.9. The lowest BCUT2D eigenvalue weighted by molar-refractivity contribution is -0.0560. The van der Waals surface area contributed by atoms with Crippen LogP contribution in [0.4, 0.5) is 0 Å². The first-order valence-electron chi connectivity index (χ1n) is 5.44. The second-order valence-electron chi connectivity index (χ2n) is 4.24. The van der Waals surface area contributed by atoms with Crippen molar-refractivity contribution >= 4 is 0 Å². The molecular formula is C10H17N5O. The molecule has 1 aliphatic heterocycles. The van der Waals surface area contributed by atoms with Crippen molar-refractivity contribution in [3.8, 4) is 6.07 Å². The molecule has 0 amide bonds. The molecule has 1 aliphatic rings. The van der Waals surface area contributed by atoms with Crippen LogP contribution in [-0.2, 0) is 4.74 Å². The average molecular weight is 223 g/mol. The number of ether oxygens (including phenoxy) is 1. The van der Waals surface area contributed by atoms with E-state index in [1.807, 2.05) is 13.8 Å². The number of nitrogens with one attached hydrogen (secondary N) is 1. The van der Waals surface area contributed by atoms with E-state index in [1.54, 1.807) is 0 Å². The summed E-state index contributed by atoms with van der Waals surface area (Å²) < 4.78 is 5.60. The molecule has 2 atom stereocenters. The summed E-state index contributed by atoms with van der Waals surface area (Å²) >= 11 is 0. The number of hydrogen-bond donors (Lipinski definition) is 1. The fourth-order valence-electron chi connectivity index (χ4n) is 2.22. The standard InChI is InChI=1S/C10H17N5O/c1-8-5-10(7-11,6-9(2)16-8)13-3-4-14-15-12/h8-9,13H,3-6H2,1-2H3. The zero-order valence-electron chi connectivity index (χ0n) is 9.68. The summed E-state index contributed by atoms with van der Waals surface area (Å²) in [4.78, 5) is 2.67. The third kappa shape index (κ3) is 3.38. The van der Waals surface area contributed by atoms with Crippen LogP contribution >= 0.6 is 0 Å². The Bertz CT molecular complexity index is 308. The molecule has 16 heavy (non-hydrogen) atoms. The Balaban J connectivity index is 2.55. The third-order valence-corrected chi connectivity index (χ3v) is 2.69. The molecule has 0 spiro atoms. The smallest absolute Gasteiger partial charge is 0.111 e. The fraction of sp³-hybridized carbons (Fsp3) is 0.900. The van der Waals surface area contributed by atoms with Crippen LogP contribution < -0.4 is 5.32 Å². The van der Waals surface area contributed by atoms with Crippen LogP contribution in [0.15, 0.2) is 5.11 Å². The van der Waals surface area contributed by atoms with Gasteiger partial charge in [0.2, 0.25) is 0 Å². The molecule has 1 fully saturated rings. The number of hydrogen-bond acceptors (Lipinski definition) is 4. The van der Waals surface area contributed by atoms with Gasteiger partial charge in [-0.05, 0) is 19.4 Å². The molecule has 1 N–H and O–H groups in total. The van der Waals surface area contributed by atoms with Crippen LogP contribution in [0.2, 0.25) is 0 Å². The molecule has 0 radical (unpaired) electrons. The quantitative estimate of drug-likeness (QED) is 0.340. The highest BCUT2D eigenvalue weighted by Crippen LogP contribution is 2.28. The number of azide groups is 1. The molecule has 0 aromatic rings. The van der Waals surface area contributed by atoms with E-state index < -0.39 is 5.54 Å². The van der Waals surface area contributed by atoms with E-state index in [4.69, 9.17) is 10.3 Å². The molecule has 0 aliphatic carbocycles. The zero-order valence-corrected chi connectivity index (χ0v) is 9.68. The van der Waals surface area contributed by atoms with Gasteiger partial charge in [-0.1, -0.05) is 5.11 Å². The lowest BCUT2D eigenvalue weighted by Crippen LogP contribution is -2.53. The molecule has 0 aromatic carbocycles. The van der Waals surface area contributed by atoms with Crippen molar-refractivity contribution in [3.05, 3.63) is 10.4 Å². The largest absolute Gasteiger partial charge is 0.375 e. The van der Waals surface area contributed by atoms with Gasteiger partial charge in [0, 0.05) is 30.8 Å². The Labute approximate surface area is 95.2 Å². The van der Waals surface area contributed by atoms with Crippen molar-refractivity contribution in [3.63, 3.8) is 0 Å². The van der Waals surface area contributed by atoms with E-state index in [0.717, 1.165) is 0 Å². The minimum absolute atomic E-state index is 0.0790. The number of nitriles is 1. The highest BCUT2D eigenvalue weighted by molar-refractivity contribution is 5.10. The molecule has 1 heterocycles. The van der Waals surface area contributed by atoms with E-state index >= 15 is 0 Å². The van der Waals surface area contributed by atoms with Gasteiger partial charge in [0.1, 0.15) is 5.54 Å². The lowest BCUT2D eigenvalue weighted by Gasteiger charge is -2.38. The Morgan fingerprint density at radius 2 is 2.19 bits per heavy atom. The van der Waals surface area contributed by atoms with E-state index in [-0.39, 0.29) is 12.2 Å². The Morgan fingerprint density at radius 3 is 2.69 bits per heavy atom. The van der Waals surface area contributed by atoms with Gasteiger partial charge < -0.3 is 4.74 Å². The van der Waals surface area contributed by atoms with Crippen LogP contribution in [0, 0.1) is 11.3 Å². The highest BCUT2D eigenvalue weighted by Gasteiger charge is 2.38. The Hall–Kier alpha value is -1.28. The van der Waals surface area contributed by atoms with Gasteiger partial charge in [-0.2, -0.15) is 5.26 Å². The van der Waals surface area contributed by atoms with Crippen LogP contribution in [0.1, 0.15) is 26.7 Å². The molecule has 2 unspecified atom stereocenters. The highest BCUT2D eigenvalue weighted by atomic mass is 16.5. The molecule has 6 heteroatoms. The van der Waals surface area contributed by atoms with Crippen LogP contribution in [-0.4, -0.2) is 30.8 Å². The minimum Gasteiger partial charge on any atom is -0.375 e. The van der Waals surface area contributed by atoms with Crippen molar-refractivity contribution in [1.82, 2.24) is 5.32 Å². The average Bonchev–Trinajstić information content (AvgIpc) is 2.23. The van der Waals surface area contributed by atoms with E-state index in [1.165, 1.54) is 0 Å². The van der Waals surface area contributed by atoms with Gasteiger partial charge in [-0.25, -0.2) is 0 Å². The summed E-state index contributed by atoms with van der Waals surface area (Å²) in [6, 6.07) is 2.33. The van der Waals surface area contributed by atoms with Crippen molar-refractivity contribution in [2.45, 2.75) is 44.4 Å². The number of rotatable bonds is 4. The molecule has 0 aromatic heterocycles. The van der Waals surface area contributed by atoms with Gasteiger partial charge >= 0.3 is 0 Å². The van der Waals surface area contributed by atoms with Crippen molar-refractivity contribution in [2.24, 2.45) is 5.11 Å². The van der Waals surface area contributed by atoms with Crippen LogP contribution in [0.5, 0.6) is 0 Å². The summed E-state index contributed by atoms with van der Waals surface area (Å²) in [6.45, 7) is 4.83. The fourth-order valence-corrected chi connectivity index (χ4v) is 2.22. The SMILES string of the molecule is CC1CC(C#N)(NCCN=[N+]=[N-])CC(C)O1. The Kier molecular flexibility index (Phi) is 4.56. The zero-order chi connectivity index (χ0) is 12.0. The third-order valence-electron chi connectivity index (χ3n) is 2.69. The second kappa shape index (κ2) is 5.71. The van der Waals surface area contributed by atoms with E-state index in [2.05, 4.69) is 21.4 Å². The predicted molar refractivity (Wildman–Crippen MR) is 59.6 cm³/mol. The summed E-state index contributed by atoms with van der Waals surface area (Å²) in [6.07, 6.45) is 1.50. The maximum absolute atomic E-state index is 9.26. The summed E-state index contributed by atoms with van der Waals surface area (Å²) in [5.74, 6) is 0. The van der Waals surface area contributed by atoms with Crippen LogP contribution in [0.3, 0.4) is 0 Å². The lowest BCUT2D eigenvalue weighted by atomic mass is 9.85. The first-order chi connectivity index (χ1) is 7.62. The van der Waals surface area contributed by atoms with Crippen molar-refractivity contribution < 1.29 is 4.74 Å². The van der Waals surface area contributed by atoms with Crippen molar-refractivity contribution in [1.29, 1.82) is 5.26 Å². The minimum atomic E-state index is -0.540. The van der Waals surface area contributed by atoms with Gasteiger partial charge in [0.15, 0.2) is 0 Å². The van der Waals surface area contributed by atoms with E-state index in [9.17, 15) is 5.26 Å². The monoisotopic (exact) mass is 223 g/mol. The topological polar surface area (TPSA) is 93.8 Å². The molecular weight excluding hydrogens is 206 g/mol. The summed E-state index contributed by atoms with van der Waals surface area (Å²) in [5.41, 5.74) is 7.61. The van der Waals surface area contributed by atoms with Gasteiger partial charge in [-0.15, -0.1) is 0 Å². The predicted octanol–water partition coefficient (Wildman–Crippen LogP) is 1.74. The van der Waals surface area contributed by atoms with E-state index in [0.29, 0.717) is 25.9 Å². The first kappa shape index (κ1) is 12.8. The molecule has 1 rings (SSSR count). The maximum atomic E-state index is 9.26. The molecule has 0 saturated carbocycles. The summed E-state index contributed by atoms with van der Waals surface area (Å²) in [7, 11) is 0.